The van der Waals surface area contributed by atoms with Crippen molar-refractivity contribution in [3.05, 3.63) is 0 Å². The van der Waals surface area contributed by atoms with Gasteiger partial charge in [-0.05, 0) is 59.2 Å². The molecule has 0 unspecified atom stereocenters. The van der Waals surface area contributed by atoms with Gasteiger partial charge in [0.05, 0.1) is 10.5 Å². The summed E-state index contributed by atoms with van der Waals surface area (Å²) in [4.78, 5) is 2.35. The van der Waals surface area contributed by atoms with E-state index in [9.17, 15) is 8.42 Å². The van der Waals surface area contributed by atoms with E-state index in [-0.39, 0.29) is 5.75 Å². The van der Waals surface area contributed by atoms with Crippen LogP contribution in [0.5, 0.6) is 0 Å². The number of hydrogen-bond acceptors (Lipinski definition) is 4. The summed E-state index contributed by atoms with van der Waals surface area (Å²) in [6.45, 7) is 11.3. The molecule has 0 aromatic carbocycles. The van der Waals surface area contributed by atoms with E-state index in [1.54, 1.807) is 20.8 Å². The van der Waals surface area contributed by atoms with E-state index in [4.69, 9.17) is 0 Å². The maximum Gasteiger partial charge on any atom is 0.156 e. The zero-order valence-electron chi connectivity index (χ0n) is 13.1. The van der Waals surface area contributed by atoms with Crippen LogP contribution >= 0.6 is 0 Å². The van der Waals surface area contributed by atoms with Crippen molar-refractivity contribution in [2.45, 2.75) is 45.3 Å². The van der Waals surface area contributed by atoms with Crippen LogP contribution in [0.25, 0.3) is 0 Å². The lowest BCUT2D eigenvalue weighted by Gasteiger charge is -2.38. The van der Waals surface area contributed by atoms with Gasteiger partial charge in [-0.1, -0.05) is 6.92 Å². The van der Waals surface area contributed by atoms with Crippen molar-refractivity contribution in [1.82, 2.24) is 10.2 Å². The first-order chi connectivity index (χ1) is 8.56. The Labute approximate surface area is 118 Å². The first-order valence-corrected chi connectivity index (χ1v) is 8.83. The molecule has 114 valence electrons. The van der Waals surface area contributed by atoms with Crippen LogP contribution in [0.3, 0.4) is 0 Å². The van der Waals surface area contributed by atoms with Crippen LogP contribution in [0.4, 0.5) is 0 Å². The highest BCUT2D eigenvalue weighted by Gasteiger charge is 2.30. The summed E-state index contributed by atoms with van der Waals surface area (Å²) in [6, 6.07) is 0. The van der Waals surface area contributed by atoms with Gasteiger partial charge in [0.25, 0.3) is 0 Å². The molecule has 1 saturated heterocycles. The number of nitrogens with one attached hydrogen (secondary N) is 1. The number of sulfone groups is 1. The molecule has 0 amide bonds. The molecule has 1 aliphatic heterocycles. The van der Waals surface area contributed by atoms with Crippen molar-refractivity contribution < 1.29 is 8.42 Å². The molecule has 1 heterocycles. The number of rotatable bonds is 5. The summed E-state index contributed by atoms with van der Waals surface area (Å²) in [6.07, 6.45) is 2.37. The third-order valence-corrected chi connectivity index (χ3v) is 6.83. The van der Waals surface area contributed by atoms with E-state index in [1.165, 1.54) is 12.8 Å². The molecule has 0 radical (unpaired) electrons. The van der Waals surface area contributed by atoms with Crippen molar-refractivity contribution in [1.29, 1.82) is 0 Å². The molecule has 19 heavy (non-hydrogen) atoms. The molecule has 0 saturated carbocycles. The first kappa shape index (κ1) is 16.9. The Morgan fingerprint density at radius 3 is 2.21 bits per heavy atom. The summed E-state index contributed by atoms with van der Waals surface area (Å²) in [7, 11) is -0.844. The van der Waals surface area contributed by atoms with Crippen molar-refractivity contribution in [3.63, 3.8) is 0 Å². The lowest BCUT2D eigenvalue weighted by Crippen LogP contribution is -2.43. The topological polar surface area (TPSA) is 49.4 Å². The minimum Gasteiger partial charge on any atom is -0.315 e. The molecule has 0 aromatic heterocycles. The summed E-state index contributed by atoms with van der Waals surface area (Å²) < 4.78 is 23.3. The predicted molar refractivity (Wildman–Crippen MR) is 81.2 cm³/mol. The van der Waals surface area contributed by atoms with Gasteiger partial charge in [-0.15, -0.1) is 0 Å². The molecule has 0 atom stereocenters. The number of nitrogens with zero attached hydrogens (tertiary/aromatic N) is 1. The molecular formula is C14H30N2O2S. The lowest BCUT2D eigenvalue weighted by atomic mass is 9.80. The van der Waals surface area contributed by atoms with Crippen molar-refractivity contribution in [2.75, 3.05) is 39.0 Å². The van der Waals surface area contributed by atoms with E-state index in [2.05, 4.69) is 24.2 Å². The monoisotopic (exact) mass is 290 g/mol. The fourth-order valence-electron chi connectivity index (χ4n) is 2.24. The van der Waals surface area contributed by atoms with E-state index in [0.29, 0.717) is 12.0 Å². The molecule has 1 fully saturated rings. The van der Waals surface area contributed by atoms with Gasteiger partial charge in [0.15, 0.2) is 9.84 Å². The summed E-state index contributed by atoms with van der Waals surface area (Å²) in [5.41, 5.74) is 0.317. The van der Waals surface area contributed by atoms with Crippen LogP contribution < -0.4 is 5.32 Å². The zero-order chi connectivity index (χ0) is 14.7. The minimum absolute atomic E-state index is 0.229. The fourth-order valence-corrected chi connectivity index (χ4v) is 3.26. The average Bonchev–Trinajstić information content (AvgIpc) is 2.28. The number of hydrogen-bond donors (Lipinski definition) is 1. The average molecular weight is 290 g/mol. The molecule has 5 heteroatoms. The Hall–Kier alpha value is -0.130. The maximum absolute atomic E-state index is 12.0. The van der Waals surface area contributed by atoms with Crippen LogP contribution in [0.1, 0.15) is 40.5 Å². The predicted octanol–water partition coefficient (Wildman–Crippen LogP) is 1.52. The quantitative estimate of drug-likeness (QED) is 0.780. The second-order valence-electron chi connectivity index (χ2n) is 7.22. The summed E-state index contributed by atoms with van der Waals surface area (Å²) >= 11 is 0. The minimum atomic E-state index is -3.00. The van der Waals surface area contributed by atoms with E-state index in [1.807, 2.05) is 0 Å². The second kappa shape index (κ2) is 6.10. The van der Waals surface area contributed by atoms with Crippen LogP contribution in [0, 0.1) is 5.41 Å². The van der Waals surface area contributed by atoms with Crippen LogP contribution in [-0.4, -0.2) is 57.0 Å². The second-order valence-corrected chi connectivity index (χ2v) is 10.1. The van der Waals surface area contributed by atoms with Gasteiger partial charge >= 0.3 is 0 Å². The maximum atomic E-state index is 12.0. The summed E-state index contributed by atoms with van der Waals surface area (Å²) in [5, 5.41) is 3.34. The Bertz CT molecular complexity index is 377. The highest BCUT2D eigenvalue weighted by molar-refractivity contribution is 7.92. The number of piperidine rings is 1. The smallest absolute Gasteiger partial charge is 0.156 e. The van der Waals surface area contributed by atoms with Crippen molar-refractivity contribution in [3.8, 4) is 0 Å². The van der Waals surface area contributed by atoms with Crippen LogP contribution in [-0.2, 0) is 9.84 Å². The summed E-state index contributed by atoms with van der Waals surface area (Å²) in [5.74, 6) is 0.229. The Morgan fingerprint density at radius 2 is 1.74 bits per heavy atom. The highest BCUT2D eigenvalue weighted by atomic mass is 32.2. The molecule has 0 aromatic rings. The first-order valence-electron chi connectivity index (χ1n) is 7.17. The molecule has 0 bridgehead atoms. The van der Waals surface area contributed by atoms with Gasteiger partial charge in [-0.2, -0.15) is 0 Å². The van der Waals surface area contributed by atoms with Crippen molar-refractivity contribution in [2.24, 2.45) is 5.41 Å². The highest BCUT2D eigenvalue weighted by Crippen LogP contribution is 2.29. The van der Waals surface area contributed by atoms with Gasteiger partial charge < -0.3 is 10.2 Å². The molecule has 1 aliphatic rings. The normalized spacial score (nSPS) is 21.5. The molecule has 0 spiro atoms. The fraction of sp³-hybridized carbons (Fsp3) is 1.00. The largest absolute Gasteiger partial charge is 0.315 e. The van der Waals surface area contributed by atoms with Gasteiger partial charge in [-0.25, -0.2) is 8.42 Å². The Balaban J connectivity index is 2.32. The van der Waals surface area contributed by atoms with E-state index in [0.717, 1.165) is 19.6 Å². The lowest BCUT2D eigenvalue weighted by molar-refractivity contribution is 0.138. The number of likely N-dealkylation sites (tertiary alicyclic amines) is 1. The van der Waals surface area contributed by atoms with Crippen LogP contribution in [0.2, 0.25) is 0 Å². The Kier molecular flexibility index (Phi) is 5.43. The SMILES string of the molecule is CN1CCC(C)(CNCCS(=O)(=O)C(C)(C)C)CC1. The molecule has 1 N–H and O–H groups in total. The van der Waals surface area contributed by atoms with Crippen molar-refractivity contribution >= 4 is 9.84 Å². The standard InChI is InChI=1S/C14H30N2O2S/c1-13(2,3)19(17,18)11-8-15-12-14(4)6-9-16(5)10-7-14/h15H,6-12H2,1-5H3. The molecular weight excluding hydrogens is 260 g/mol. The zero-order valence-corrected chi connectivity index (χ0v) is 13.9. The van der Waals surface area contributed by atoms with Gasteiger partial charge in [0.2, 0.25) is 0 Å². The van der Waals surface area contributed by atoms with Gasteiger partial charge in [0.1, 0.15) is 0 Å². The molecule has 1 rings (SSSR count). The van der Waals surface area contributed by atoms with Crippen LogP contribution in [0.15, 0.2) is 0 Å². The van der Waals surface area contributed by atoms with E-state index < -0.39 is 14.6 Å². The van der Waals surface area contributed by atoms with Gasteiger partial charge in [-0.3, -0.25) is 0 Å². The van der Waals surface area contributed by atoms with E-state index >= 15 is 0 Å². The molecule has 0 aliphatic carbocycles. The molecule has 4 nitrogen and oxygen atoms in total. The Morgan fingerprint density at radius 1 is 1.21 bits per heavy atom. The van der Waals surface area contributed by atoms with Gasteiger partial charge in [0, 0.05) is 13.1 Å². The third-order valence-electron chi connectivity index (χ3n) is 4.23. The third kappa shape index (κ3) is 5.04.